The van der Waals surface area contributed by atoms with Crippen molar-refractivity contribution >= 4 is 40.7 Å². The van der Waals surface area contributed by atoms with E-state index in [9.17, 15) is 36.6 Å². The third-order valence-electron chi connectivity index (χ3n) is 5.61. The number of alkyl halides is 5. The minimum absolute atomic E-state index is 0.00626. The number of hydrogen-bond acceptors (Lipinski definition) is 5. The van der Waals surface area contributed by atoms with E-state index < -0.39 is 60.3 Å². The van der Waals surface area contributed by atoms with Crippen molar-refractivity contribution in [1.82, 2.24) is 10.4 Å². The molecule has 1 aliphatic rings. The number of hydrogen-bond donors (Lipinski definition) is 3. The molecule has 3 rings (SSSR count). The molecule has 2 amide bonds. The van der Waals surface area contributed by atoms with Crippen molar-refractivity contribution in [3.8, 4) is 0 Å². The smallest absolute Gasteiger partial charge is 0.376 e. The van der Waals surface area contributed by atoms with Crippen LogP contribution >= 0.6 is 23.2 Å². The maximum absolute atomic E-state index is 13.9. The summed E-state index contributed by atoms with van der Waals surface area (Å²) in [4.78, 5) is 29.6. The average Bonchev–Trinajstić information content (AvgIpc) is 3.10. The van der Waals surface area contributed by atoms with Crippen molar-refractivity contribution in [2.24, 2.45) is 0 Å². The van der Waals surface area contributed by atoms with Gasteiger partial charge in [0.05, 0.1) is 0 Å². The number of benzene rings is 2. The van der Waals surface area contributed by atoms with Gasteiger partial charge in [0.25, 0.3) is 18.2 Å². The number of halogens is 7. The number of amides is 2. The van der Waals surface area contributed by atoms with Crippen LogP contribution in [-0.4, -0.2) is 59.5 Å². The molecule has 3 N–H and O–H groups in total. The summed E-state index contributed by atoms with van der Waals surface area (Å²) in [7, 11) is 0. The molecule has 2 atom stereocenters. The van der Waals surface area contributed by atoms with E-state index in [1.807, 2.05) is 0 Å². The van der Waals surface area contributed by atoms with E-state index in [2.05, 4.69) is 5.32 Å². The van der Waals surface area contributed by atoms with E-state index in [4.69, 9.17) is 33.4 Å². The molecular formula is C23H20Cl2F5N3O4. The molecule has 1 heterocycles. The number of hydroxylamine groups is 2. The first-order valence-electron chi connectivity index (χ1n) is 10.6. The van der Waals surface area contributed by atoms with Gasteiger partial charge in [-0.2, -0.15) is 13.2 Å². The van der Waals surface area contributed by atoms with Gasteiger partial charge < -0.3 is 15.8 Å². The van der Waals surface area contributed by atoms with Gasteiger partial charge in [-0.15, -0.1) is 0 Å². The molecule has 0 aromatic heterocycles. The number of nitrogens with one attached hydrogen (secondary N) is 2. The van der Waals surface area contributed by atoms with Gasteiger partial charge >= 0.3 is 6.18 Å². The second-order valence-corrected chi connectivity index (χ2v) is 9.19. The van der Waals surface area contributed by atoms with E-state index in [-0.39, 0.29) is 33.3 Å². The zero-order chi connectivity index (χ0) is 27.7. The Bertz CT molecular complexity index is 1210. The minimum atomic E-state index is -5.18. The highest BCUT2D eigenvalue weighted by molar-refractivity contribution is 6.34. The summed E-state index contributed by atoms with van der Waals surface area (Å²) in [5.74, 6) is -1.60. The van der Waals surface area contributed by atoms with Crippen LogP contribution in [0.15, 0.2) is 36.4 Å². The van der Waals surface area contributed by atoms with Crippen LogP contribution < -0.4 is 5.32 Å². The van der Waals surface area contributed by atoms with Crippen molar-refractivity contribution in [2.75, 3.05) is 13.2 Å². The second kappa shape index (κ2) is 10.9. The summed E-state index contributed by atoms with van der Waals surface area (Å²) in [6, 6.07) is 5.53. The van der Waals surface area contributed by atoms with Gasteiger partial charge in [0.1, 0.15) is 19.2 Å². The lowest BCUT2D eigenvalue weighted by Crippen LogP contribution is -2.44. The topological polar surface area (TPSA) is 103 Å². The van der Waals surface area contributed by atoms with E-state index in [0.29, 0.717) is 5.06 Å². The summed E-state index contributed by atoms with van der Waals surface area (Å²) >= 11 is 11.6. The number of aryl methyl sites for hydroxylation is 1. The summed E-state index contributed by atoms with van der Waals surface area (Å²) < 4.78 is 66.8. The largest absolute Gasteiger partial charge is 0.421 e. The lowest BCUT2D eigenvalue weighted by molar-refractivity contribution is -0.263. The lowest BCUT2D eigenvalue weighted by Gasteiger charge is -2.31. The highest BCUT2D eigenvalue weighted by Crippen LogP contribution is 2.43. The summed E-state index contributed by atoms with van der Waals surface area (Å²) in [6.07, 6.45) is -9.18. The van der Waals surface area contributed by atoms with Gasteiger partial charge in [-0.05, 0) is 53.9 Å². The number of nitrogens with zero attached hydrogens (tertiary/aromatic N) is 1. The summed E-state index contributed by atoms with van der Waals surface area (Å²) in [6.45, 7) is 0.157. The van der Waals surface area contributed by atoms with Crippen LogP contribution in [-0.2, 0) is 15.2 Å². The zero-order valence-electron chi connectivity index (χ0n) is 19.0. The van der Waals surface area contributed by atoms with Gasteiger partial charge in [0, 0.05) is 27.7 Å². The molecule has 0 spiro atoms. The van der Waals surface area contributed by atoms with Crippen LogP contribution in [0.2, 0.25) is 10.0 Å². The van der Waals surface area contributed by atoms with Crippen molar-refractivity contribution in [3.63, 3.8) is 0 Å². The zero-order valence-corrected chi connectivity index (χ0v) is 20.5. The highest BCUT2D eigenvalue weighted by atomic mass is 35.5. The SMILES string of the molecule is Cc1cc(C(=N)CC(O)(c2cc(Cl)cc(Cl)c2)C(F)(F)F)ccc1C(=O)NC1CON(CC(F)F)C1=O. The lowest BCUT2D eigenvalue weighted by atomic mass is 9.85. The molecular weight excluding hydrogens is 548 g/mol. The summed E-state index contributed by atoms with van der Waals surface area (Å²) in [5.41, 5.74) is -4.43. The minimum Gasteiger partial charge on any atom is -0.376 e. The Labute approximate surface area is 217 Å². The first kappa shape index (κ1) is 28.8. The van der Waals surface area contributed by atoms with Crippen LogP contribution in [0.25, 0.3) is 0 Å². The standard InChI is InChI=1S/C23H20Cl2F5N3O4/c1-11-4-12(2-3-16(11)20(34)32-18-10-37-33(21(18)35)9-19(26)27)17(31)8-22(36,23(28,29)30)13-5-14(24)7-15(25)6-13/h2-7,18-19,31,36H,8-10H2,1H3,(H,32,34). The Morgan fingerprint density at radius 2 is 1.84 bits per heavy atom. The van der Waals surface area contributed by atoms with Crippen LogP contribution in [0.3, 0.4) is 0 Å². The molecule has 1 saturated heterocycles. The third kappa shape index (κ3) is 6.38. The summed E-state index contributed by atoms with van der Waals surface area (Å²) in [5, 5.41) is 21.4. The Morgan fingerprint density at radius 1 is 1.22 bits per heavy atom. The number of carbonyl (C=O) groups excluding carboxylic acids is 2. The second-order valence-electron chi connectivity index (χ2n) is 8.31. The van der Waals surface area contributed by atoms with Crippen molar-refractivity contribution in [3.05, 3.63) is 68.7 Å². The quantitative estimate of drug-likeness (QED) is 0.319. The van der Waals surface area contributed by atoms with Gasteiger partial charge in [-0.3, -0.25) is 14.4 Å². The monoisotopic (exact) mass is 567 g/mol. The van der Waals surface area contributed by atoms with Crippen LogP contribution in [0, 0.1) is 12.3 Å². The Hall–Kier alpha value is -2.80. The van der Waals surface area contributed by atoms with E-state index >= 15 is 0 Å². The Kier molecular flexibility index (Phi) is 8.47. The maximum Gasteiger partial charge on any atom is 0.421 e. The van der Waals surface area contributed by atoms with Crippen molar-refractivity contribution in [2.45, 2.75) is 37.6 Å². The highest BCUT2D eigenvalue weighted by Gasteiger charge is 2.55. The first-order valence-corrected chi connectivity index (χ1v) is 11.4. The molecule has 14 heteroatoms. The van der Waals surface area contributed by atoms with Gasteiger partial charge in [0.2, 0.25) is 0 Å². The Balaban J connectivity index is 1.78. The molecule has 1 aliphatic heterocycles. The molecule has 0 aliphatic carbocycles. The molecule has 0 bridgehead atoms. The molecule has 200 valence electrons. The predicted molar refractivity (Wildman–Crippen MR) is 124 cm³/mol. The molecule has 2 aromatic carbocycles. The van der Waals surface area contributed by atoms with E-state index in [1.54, 1.807) is 0 Å². The number of aliphatic hydroxyl groups is 1. The number of rotatable bonds is 8. The van der Waals surface area contributed by atoms with Crippen LogP contribution in [0.1, 0.15) is 33.5 Å². The maximum atomic E-state index is 13.9. The number of carbonyl (C=O) groups is 2. The van der Waals surface area contributed by atoms with E-state index in [1.165, 1.54) is 31.2 Å². The first-order chi connectivity index (χ1) is 17.1. The van der Waals surface area contributed by atoms with E-state index in [0.717, 1.165) is 12.1 Å². The fraction of sp³-hybridized carbons (Fsp3) is 0.348. The average molecular weight is 568 g/mol. The fourth-order valence-electron chi connectivity index (χ4n) is 3.70. The molecule has 7 nitrogen and oxygen atoms in total. The predicted octanol–water partition coefficient (Wildman–Crippen LogP) is 4.65. The van der Waals surface area contributed by atoms with Gasteiger partial charge in [-0.1, -0.05) is 29.3 Å². The molecule has 1 fully saturated rings. The molecule has 37 heavy (non-hydrogen) atoms. The molecule has 0 radical (unpaired) electrons. The normalized spacial score (nSPS) is 17.7. The van der Waals surface area contributed by atoms with Gasteiger partial charge in [0.15, 0.2) is 5.60 Å². The van der Waals surface area contributed by atoms with Crippen LogP contribution in [0.4, 0.5) is 22.0 Å². The van der Waals surface area contributed by atoms with Crippen LogP contribution in [0.5, 0.6) is 0 Å². The van der Waals surface area contributed by atoms with Crippen molar-refractivity contribution < 1.29 is 41.5 Å². The molecule has 2 unspecified atom stereocenters. The fourth-order valence-corrected chi connectivity index (χ4v) is 4.23. The molecule has 2 aromatic rings. The Morgan fingerprint density at radius 3 is 2.38 bits per heavy atom. The molecule has 0 saturated carbocycles. The van der Waals surface area contributed by atoms with Gasteiger partial charge in [-0.25, -0.2) is 13.8 Å². The van der Waals surface area contributed by atoms with Crippen molar-refractivity contribution in [1.29, 1.82) is 5.41 Å². The third-order valence-corrected chi connectivity index (χ3v) is 6.05.